The van der Waals surface area contributed by atoms with Crippen molar-refractivity contribution >= 4 is 41.3 Å². The summed E-state index contributed by atoms with van der Waals surface area (Å²) >= 11 is 4.30. The fraction of sp³-hybridized carbons (Fsp3) is 0.389. The summed E-state index contributed by atoms with van der Waals surface area (Å²) in [6.45, 7) is -1.72. The summed E-state index contributed by atoms with van der Waals surface area (Å²) in [7, 11) is 0. The molecular formula is C18H21N3O8S. The van der Waals surface area contributed by atoms with Crippen molar-refractivity contribution in [1.29, 1.82) is 0 Å². The van der Waals surface area contributed by atoms with Crippen LogP contribution in [0.4, 0.5) is 0 Å². The third-order valence-corrected chi connectivity index (χ3v) is 3.66. The first-order chi connectivity index (χ1) is 14.3. The van der Waals surface area contributed by atoms with Crippen molar-refractivity contribution < 1.29 is 39.0 Å². The smallest absolute Gasteiger partial charge is 0.349 e. The number of thiocarbonyl (C=S) groups is 1. The molecule has 30 heavy (non-hydrogen) atoms. The minimum Gasteiger partial charge on any atom is -0.480 e. The van der Waals surface area contributed by atoms with Gasteiger partial charge in [-0.25, -0.2) is 4.79 Å². The van der Waals surface area contributed by atoms with Crippen LogP contribution in [0.5, 0.6) is 0 Å². The van der Waals surface area contributed by atoms with Crippen LogP contribution in [0.25, 0.3) is 0 Å². The molecule has 1 aromatic rings. The Morgan fingerprint density at radius 1 is 0.900 bits per heavy atom. The van der Waals surface area contributed by atoms with Crippen molar-refractivity contribution in [1.82, 2.24) is 9.80 Å². The second-order valence-corrected chi connectivity index (χ2v) is 6.18. The van der Waals surface area contributed by atoms with Crippen LogP contribution in [-0.2, 0) is 35.4 Å². The van der Waals surface area contributed by atoms with Crippen molar-refractivity contribution in [3.05, 3.63) is 35.9 Å². The number of aliphatic carboxylic acids is 2. The van der Waals surface area contributed by atoms with Crippen LogP contribution in [0, 0.1) is 0 Å². The van der Waals surface area contributed by atoms with Crippen LogP contribution in [0.3, 0.4) is 0 Å². The average molecular weight is 439 g/mol. The molecule has 0 aromatic heterocycles. The highest BCUT2D eigenvalue weighted by molar-refractivity contribution is 7.78. The van der Waals surface area contributed by atoms with Gasteiger partial charge in [-0.3, -0.25) is 24.2 Å². The van der Waals surface area contributed by atoms with Crippen LogP contribution < -0.4 is 0 Å². The zero-order chi connectivity index (χ0) is 22.4. The first-order valence-electron chi connectivity index (χ1n) is 8.65. The van der Waals surface area contributed by atoms with E-state index in [4.69, 9.17) is 14.9 Å². The van der Waals surface area contributed by atoms with Gasteiger partial charge in [-0.15, -0.1) is 0 Å². The highest BCUT2D eigenvalue weighted by atomic mass is 32.1. The Labute approximate surface area is 177 Å². The van der Waals surface area contributed by atoms with Crippen molar-refractivity contribution in [3.8, 4) is 0 Å². The molecule has 0 aliphatic carbocycles. The highest BCUT2D eigenvalue weighted by Gasteiger charge is 2.20. The van der Waals surface area contributed by atoms with E-state index >= 15 is 0 Å². The third kappa shape index (κ3) is 11.6. The van der Waals surface area contributed by atoms with Gasteiger partial charge in [0.2, 0.25) is 0 Å². The van der Waals surface area contributed by atoms with Crippen LogP contribution in [-0.4, -0.2) is 88.3 Å². The Morgan fingerprint density at radius 2 is 1.43 bits per heavy atom. The maximum absolute atomic E-state index is 12.2. The Bertz CT molecular complexity index is 767. The van der Waals surface area contributed by atoms with Gasteiger partial charge in [0, 0.05) is 13.1 Å². The molecule has 0 saturated carbocycles. The highest BCUT2D eigenvalue weighted by Crippen LogP contribution is 2.02. The number of benzene rings is 1. The summed E-state index contributed by atoms with van der Waals surface area (Å²) in [6.07, 6.45) is 0. The predicted octanol–water partition coefficient (Wildman–Crippen LogP) is 0.0640. The number of carboxylic acid groups (broad SMARTS) is 2. The van der Waals surface area contributed by atoms with E-state index in [0.717, 1.165) is 10.5 Å². The lowest BCUT2D eigenvalue weighted by atomic mass is 10.2. The van der Waals surface area contributed by atoms with Gasteiger partial charge in [-0.1, -0.05) is 30.3 Å². The Kier molecular flexibility index (Phi) is 11.5. The number of isothiocyanates is 1. The molecule has 0 unspecified atom stereocenters. The van der Waals surface area contributed by atoms with E-state index in [1.807, 2.05) is 11.2 Å². The Hall–Kier alpha value is -3.18. The van der Waals surface area contributed by atoms with Crippen molar-refractivity contribution in [3.63, 3.8) is 0 Å². The zero-order valence-electron chi connectivity index (χ0n) is 15.9. The number of carbonyl (C=O) groups is 4. The van der Waals surface area contributed by atoms with Gasteiger partial charge in [0.05, 0.1) is 19.6 Å². The first kappa shape index (κ1) is 24.9. The molecule has 1 rings (SSSR count). The largest absolute Gasteiger partial charge is 0.480 e. The fourth-order valence-electron chi connectivity index (χ4n) is 2.34. The second kappa shape index (κ2) is 13.9. The van der Waals surface area contributed by atoms with E-state index in [0.29, 0.717) is 0 Å². The molecular weight excluding hydrogens is 418 g/mol. The average Bonchev–Trinajstić information content (AvgIpc) is 2.68. The quantitative estimate of drug-likeness (QED) is 0.133. The lowest BCUT2D eigenvalue weighted by molar-refractivity contribution is -0.150. The van der Waals surface area contributed by atoms with Gasteiger partial charge >= 0.3 is 23.9 Å². The molecule has 162 valence electrons. The number of carbonyl (C=O) groups excluding carboxylic acids is 2. The summed E-state index contributed by atoms with van der Waals surface area (Å²) in [6, 6.07) is 8.97. The van der Waals surface area contributed by atoms with Crippen LogP contribution in [0.2, 0.25) is 0 Å². The lowest BCUT2D eigenvalue weighted by Gasteiger charge is -2.24. The number of hydrogen-bond donors (Lipinski definition) is 2. The molecule has 2 N–H and O–H groups in total. The van der Waals surface area contributed by atoms with Gasteiger partial charge < -0.3 is 19.8 Å². The van der Waals surface area contributed by atoms with Crippen LogP contribution in [0.15, 0.2) is 35.5 Å². The molecule has 0 atom stereocenters. The number of hydrogen-bond acceptors (Lipinski definition) is 10. The SMILES string of the molecule is O=C(O)CN(CCN(CC(=O)OCc1ccccc1)CC(=O)ON=C=S)CC(=O)O. The molecule has 0 aliphatic rings. The molecule has 0 amide bonds. The molecule has 1 aromatic carbocycles. The third-order valence-electron chi connectivity index (χ3n) is 3.58. The van der Waals surface area contributed by atoms with E-state index in [2.05, 4.69) is 22.2 Å². The van der Waals surface area contributed by atoms with Gasteiger partial charge in [0.1, 0.15) is 18.3 Å². The molecule has 0 radical (unpaired) electrons. The monoisotopic (exact) mass is 439 g/mol. The maximum Gasteiger partial charge on any atom is 0.349 e. The minimum absolute atomic E-state index is 0.00258. The van der Waals surface area contributed by atoms with E-state index < -0.39 is 37.0 Å². The molecule has 0 aliphatic heterocycles. The number of nitrogens with zero attached hydrogens (tertiary/aromatic N) is 3. The Balaban J connectivity index is 2.70. The topological polar surface area (TPSA) is 146 Å². The maximum atomic E-state index is 12.2. The Morgan fingerprint density at radius 3 is 1.97 bits per heavy atom. The summed E-state index contributed by atoms with van der Waals surface area (Å²) in [4.78, 5) is 52.7. The molecule has 0 fully saturated rings. The van der Waals surface area contributed by atoms with Crippen molar-refractivity contribution in [2.24, 2.45) is 5.16 Å². The number of rotatable bonds is 14. The molecule has 0 bridgehead atoms. The first-order valence-corrected chi connectivity index (χ1v) is 9.06. The zero-order valence-corrected chi connectivity index (χ0v) is 16.7. The normalized spacial score (nSPS) is 10.3. The van der Waals surface area contributed by atoms with Gasteiger partial charge in [-0.05, 0) is 22.9 Å². The molecule has 0 spiro atoms. The predicted molar refractivity (Wildman–Crippen MR) is 106 cm³/mol. The second-order valence-electron chi connectivity index (χ2n) is 6.00. The van der Waals surface area contributed by atoms with E-state index in [-0.39, 0.29) is 32.8 Å². The van der Waals surface area contributed by atoms with Crippen LogP contribution >= 0.6 is 12.2 Å². The molecule has 0 saturated heterocycles. The molecule has 12 heteroatoms. The standard InChI is InChI=1S/C18H21N3O8S/c22-15(23)8-20(9-16(24)25)6-7-21(11-18(27)29-19-13-30)10-17(26)28-12-14-4-2-1-3-5-14/h1-5H,6-12H2,(H,22,23)(H,24,25). The molecule has 0 heterocycles. The number of esters is 1. The van der Waals surface area contributed by atoms with Crippen LogP contribution in [0.1, 0.15) is 5.56 Å². The van der Waals surface area contributed by atoms with Crippen molar-refractivity contribution in [2.45, 2.75) is 6.61 Å². The van der Waals surface area contributed by atoms with E-state index in [1.54, 1.807) is 24.3 Å². The summed E-state index contributed by atoms with van der Waals surface area (Å²) in [5, 5.41) is 22.7. The number of carboxylic acids is 2. The van der Waals surface area contributed by atoms with Crippen molar-refractivity contribution in [2.75, 3.05) is 39.3 Å². The fourth-order valence-corrected chi connectivity index (χ4v) is 2.38. The van der Waals surface area contributed by atoms with E-state index in [1.165, 1.54) is 4.90 Å². The summed E-state index contributed by atoms with van der Waals surface area (Å²) in [5.41, 5.74) is 0.779. The minimum atomic E-state index is -1.21. The summed E-state index contributed by atoms with van der Waals surface area (Å²) in [5.74, 6) is -3.88. The number of ether oxygens (including phenoxy) is 1. The molecule has 11 nitrogen and oxygen atoms in total. The summed E-state index contributed by atoms with van der Waals surface area (Å²) < 4.78 is 5.17. The van der Waals surface area contributed by atoms with Gasteiger partial charge in [0.15, 0.2) is 0 Å². The van der Waals surface area contributed by atoms with Gasteiger partial charge in [-0.2, -0.15) is 0 Å². The van der Waals surface area contributed by atoms with E-state index in [9.17, 15) is 19.2 Å². The van der Waals surface area contributed by atoms with Gasteiger partial charge in [0.25, 0.3) is 0 Å². The lowest BCUT2D eigenvalue weighted by Crippen LogP contribution is -2.43.